The highest BCUT2D eigenvalue weighted by Gasteiger charge is 2.60. The van der Waals surface area contributed by atoms with Gasteiger partial charge in [0.1, 0.15) is 0 Å². The Morgan fingerprint density at radius 2 is 1.24 bits per heavy atom. The zero-order chi connectivity index (χ0) is 13.3. The minimum absolute atomic E-state index is 0.424. The van der Waals surface area contributed by atoms with Crippen molar-refractivity contribution in [1.29, 1.82) is 0 Å². The van der Waals surface area contributed by atoms with Gasteiger partial charge in [0.2, 0.25) is 0 Å². The molecule has 0 aliphatic rings. The maximum Gasteiger partial charge on any atom is 0.403 e. The standard InChI is InChI=1S/C10H8F6O/c11-9(12,13)8(10(14,15)16)7(17)6-4-2-1-3-5-6/h1-5,7-8,17H. The summed E-state index contributed by atoms with van der Waals surface area (Å²) in [5.74, 6) is -3.78. The molecule has 0 bridgehead atoms. The summed E-state index contributed by atoms with van der Waals surface area (Å²) in [7, 11) is 0. The lowest BCUT2D eigenvalue weighted by Crippen LogP contribution is -2.40. The molecule has 1 unspecified atom stereocenters. The van der Waals surface area contributed by atoms with Crippen LogP contribution < -0.4 is 0 Å². The van der Waals surface area contributed by atoms with Gasteiger partial charge in [-0.15, -0.1) is 0 Å². The van der Waals surface area contributed by atoms with Crippen LogP contribution in [-0.4, -0.2) is 17.5 Å². The Morgan fingerprint density at radius 3 is 1.59 bits per heavy atom. The Balaban J connectivity index is 3.09. The van der Waals surface area contributed by atoms with E-state index in [2.05, 4.69) is 0 Å². The molecule has 1 nitrogen and oxygen atoms in total. The molecule has 0 radical (unpaired) electrons. The number of alkyl halides is 6. The van der Waals surface area contributed by atoms with E-state index in [9.17, 15) is 31.4 Å². The van der Waals surface area contributed by atoms with Crippen LogP contribution >= 0.6 is 0 Å². The zero-order valence-electron chi connectivity index (χ0n) is 8.26. The molecule has 1 atom stereocenters. The maximum absolute atomic E-state index is 12.3. The molecule has 17 heavy (non-hydrogen) atoms. The fourth-order valence-electron chi connectivity index (χ4n) is 1.39. The van der Waals surface area contributed by atoms with Crippen LogP contribution in [0.15, 0.2) is 30.3 Å². The van der Waals surface area contributed by atoms with E-state index in [4.69, 9.17) is 0 Å². The van der Waals surface area contributed by atoms with Gasteiger partial charge < -0.3 is 5.11 Å². The summed E-state index contributed by atoms with van der Waals surface area (Å²) in [6.07, 6.45) is -13.8. The number of rotatable bonds is 2. The smallest absolute Gasteiger partial charge is 0.387 e. The highest BCUT2D eigenvalue weighted by Crippen LogP contribution is 2.46. The van der Waals surface area contributed by atoms with Crippen molar-refractivity contribution in [1.82, 2.24) is 0 Å². The first-order chi connectivity index (χ1) is 7.64. The molecule has 1 N–H and O–H groups in total. The van der Waals surface area contributed by atoms with Crippen molar-refractivity contribution in [3.8, 4) is 0 Å². The lowest BCUT2D eigenvalue weighted by atomic mass is 9.94. The van der Waals surface area contributed by atoms with E-state index in [-0.39, 0.29) is 0 Å². The third kappa shape index (κ3) is 3.36. The van der Waals surface area contributed by atoms with Crippen molar-refractivity contribution < 1.29 is 31.4 Å². The lowest BCUT2D eigenvalue weighted by Gasteiger charge is -2.27. The molecule has 7 heteroatoms. The summed E-state index contributed by atoms with van der Waals surface area (Å²) in [5, 5.41) is 9.21. The van der Waals surface area contributed by atoms with Crippen LogP contribution in [-0.2, 0) is 0 Å². The highest BCUT2D eigenvalue weighted by atomic mass is 19.4. The topological polar surface area (TPSA) is 20.2 Å². The third-order valence-electron chi connectivity index (χ3n) is 2.16. The predicted molar refractivity (Wildman–Crippen MR) is 47.0 cm³/mol. The molecule has 0 fully saturated rings. The summed E-state index contributed by atoms with van der Waals surface area (Å²) >= 11 is 0. The fourth-order valence-corrected chi connectivity index (χ4v) is 1.39. The number of aliphatic hydroxyl groups is 1. The predicted octanol–water partition coefficient (Wildman–Crippen LogP) is 3.46. The second kappa shape index (κ2) is 4.56. The number of hydrogen-bond acceptors (Lipinski definition) is 1. The molecule has 0 aromatic heterocycles. The Labute approximate surface area is 92.7 Å². The van der Waals surface area contributed by atoms with Gasteiger partial charge in [0.25, 0.3) is 0 Å². The van der Waals surface area contributed by atoms with Gasteiger partial charge in [-0.1, -0.05) is 30.3 Å². The van der Waals surface area contributed by atoms with Crippen molar-refractivity contribution >= 4 is 0 Å². The van der Waals surface area contributed by atoms with Crippen LogP contribution in [0.4, 0.5) is 26.3 Å². The zero-order valence-corrected chi connectivity index (χ0v) is 8.26. The first-order valence-electron chi connectivity index (χ1n) is 4.50. The van der Waals surface area contributed by atoms with Crippen LogP contribution in [0.3, 0.4) is 0 Å². The summed E-state index contributed by atoms with van der Waals surface area (Å²) in [5.41, 5.74) is -0.424. The van der Waals surface area contributed by atoms with Crippen molar-refractivity contribution in [2.45, 2.75) is 18.5 Å². The van der Waals surface area contributed by atoms with Gasteiger partial charge in [-0.05, 0) is 5.56 Å². The van der Waals surface area contributed by atoms with E-state index < -0.39 is 29.9 Å². The summed E-state index contributed by atoms with van der Waals surface area (Å²) in [6, 6.07) is 5.95. The molecular formula is C10H8F6O. The van der Waals surface area contributed by atoms with Crippen molar-refractivity contribution in [2.75, 3.05) is 0 Å². The largest absolute Gasteiger partial charge is 0.403 e. The van der Waals surface area contributed by atoms with E-state index in [1.54, 1.807) is 0 Å². The summed E-state index contributed by atoms with van der Waals surface area (Å²) in [6.45, 7) is 0. The van der Waals surface area contributed by atoms with Gasteiger partial charge in [-0.2, -0.15) is 26.3 Å². The Kier molecular flexibility index (Phi) is 3.71. The van der Waals surface area contributed by atoms with Crippen LogP contribution in [0.2, 0.25) is 0 Å². The average Bonchev–Trinajstić information content (AvgIpc) is 2.14. The maximum atomic E-state index is 12.3. The van der Waals surface area contributed by atoms with Gasteiger partial charge in [0.05, 0.1) is 6.10 Å². The van der Waals surface area contributed by atoms with Crippen LogP contribution in [0.1, 0.15) is 11.7 Å². The third-order valence-corrected chi connectivity index (χ3v) is 2.16. The highest BCUT2D eigenvalue weighted by molar-refractivity contribution is 5.18. The van der Waals surface area contributed by atoms with Crippen molar-refractivity contribution in [3.63, 3.8) is 0 Å². The fraction of sp³-hybridized carbons (Fsp3) is 0.400. The van der Waals surface area contributed by atoms with E-state index in [1.165, 1.54) is 18.2 Å². The molecule has 0 spiro atoms. The molecular weight excluding hydrogens is 250 g/mol. The average molecular weight is 258 g/mol. The molecule has 0 saturated carbocycles. The van der Waals surface area contributed by atoms with E-state index >= 15 is 0 Å². The Bertz CT molecular complexity index is 341. The van der Waals surface area contributed by atoms with Gasteiger partial charge >= 0.3 is 12.4 Å². The minimum Gasteiger partial charge on any atom is -0.387 e. The first-order valence-corrected chi connectivity index (χ1v) is 4.50. The lowest BCUT2D eigenvalue weighted by molar-refractivity contribution is -0.307. The van der Waals surface area contributed by atoms with Gasteiger partial charge in [0.15, 0.2) is 5.92 Å². The summed E-state index contributed by atoms with van der Waals surface area (Å²) in [4.78, 5) is 0. The molecule has 96 valence electrons. The first kappa shape index (κ1) is 13.8. The van der Waals surface area contributed by atoms with Crippen molar-refractivity contribution in [2.24, 2.45) is 5.92 Å². The molecule has 0 amide bonds. The van der Waals surface area contributed by atoms with E-state index in [0.29, 0.717) is 0 Å². The van der Waals surface area contributed by atoms with Gasteiger partial charge in [0, 0.05) is 0 Å². The Morgan fingerprint density at radius 1 is 0.824 bits per heavy atom. The number of benzene rings is 1. The quantitative estimate of drug-likeness (QED) is 0.805. The summed E-state index contributed by atoms with van der Waals surface area (Å²) < 4.78 is 73.6. The number of halogens is 6. The van der Waals surface area contributed by atoms with Gasteiger partial charge in [-0.25, -0.2) is 0 Å². The molecule has 1 aromatic rings. The molecule has 1 aromatic carbocycles. The SMILES string of the molecule is OC(c1ccccc1)C(C(F)(F)F)C(F)(F)F. The second-order valence-corrected chi connectivity index (χ2v) is 3.42. The van der Waals surface area contributed by atoms with E-state index in [1.807, 2.05) is 0 Å². The normalized spacial score (nSPS) is 15.1. The Hall–Kier alpha value is -1.24. The van der Waals surface area contributed by atoms with Crippen LogP contribution in [0, 0.1) is 5.92 Å². The molecule has 1 rings (SSSR count). The molecule has 0 heterocycles. The van der Waals surface area contributed by atoms with Gasteiger partial charge in [-0.3, -0.25) is 0 Å². The van der Waals surface area contributed by atoms with Crippen LogP contribution in [0.5, 0.6) is 0 Å². The monoisotopic (exact) mass is 258 g/mol. The number of hydrogen-bond donors (Lipinski definition) is 1. The van der Waals surface area contributed by atoms with E-state index in [0.717, 1.165) is 12.1 Å². The molecule has 0 aliphatic heterocycles. The van der Waals surface area contributed by atoms with Crippen molar-refractivity contribution in [3.05, 3.63) is 35.9 Å². The number of aliphatic hydroxyl groups excluding tert-OH is 1. The second-order valence-electron chi connectivity index (χ2n) is 3.42. The van der Waals surface area contributed by atoms with Crippen LogP contribution in [0.25, 0.3) is 0 Å². The molecule has 0 saturated heterocycles. The minimum atomic E-state index is -5.55. The molecule has 0 aliphatic carbocycles.